The van der Waals surface area contributed by atoms with Crippen LogP contribution in [0.2, 0.25) is 0 Å². The summed E-state index contributed by atoms with van der Waals surface area (Å²) < 4.78 is 29.7. The van der Waals surface area contributed by atoms with Crippen LogP contribution >= 0.6 is 0 Å². The Hall–Kier alpha value is -2.34. The summed E-state index contributed by atoms with van der Waals surface area (Å²) in [5, 5.41) is 0.797. The largest absolute Gasteiger partial charge is 0.468 e. The number of sulfone groups is 1. The van der Waals surface area contributed by atoms with Crippen molar-refractivity contribution in [2.24, 2.45) is 0 Å². The fourth-order valence-corrected chi connectivity index (χ4v) is 3.81. The summed E-state index contributed by atoms with van der Waals surface area (Å²) in [5.41, 5.74) is 0.510. The lowest BCUT2D eigenvalue weighted by molar-refractivity contribution is 0.522. The van der Waals surface area contributed by atoms with E-state index in [2.05, 4.69) is 4.98 Å². The Morgan fingerprint density at radius 2 is 1.95 bits per heavy atom. The highest BCUT2D eigenvalue weighted by Crippen LogP contribution is 2.21. The monoisotopic (exact) mass is 303 g/mol. The van der Waals surface area contributed by atoms with E-state index in [1.807, 2.05) is 18.2 Å². The molecule has 3 aromatic rings. The van der Waals surface area contributed by atoms with E-state index >= 15 is 0 Å². The van der Waals surface area contributed by atoms with E-state index in [1.54, 1.807) is 19.1 Å². The van der Waals surface area contributed by atoms with Gasteiger partial charge in [0.2, 0.25) is 0 Å². The molecule has 0 aliphatic heterocycles. The molecule has 0 atom stereocenters. The number of fused-ring (bicyclic) bond motifs is 1. The predicted molar refractivity (Wildman–Crippen MR) is 78.9 cm³/mol. The van der Waals surface area contributed by atoms with Gasteiger partial charge in [-0.15, -0.1) is 0 Å². The molecular weight excluding hydrogens is 290 g/mol. The van der Waals surface area contributed by atoms with E-state index in [1.165, 1.54) is 12.3 Å². The van der Waals surface area contributed by atoms with Gasteiger partial charge in [-0.1, -0.05) is 18.2 Å². The van der Waals surface area contributed by atoms with E-state index in [0.717, 1.165) is 5.39 Å². The Labute approximate surface area is 121 Å². The number of pyridine rings is 1. The quantitative estimate of drug-likeness (QED) is 0.805. The second-order valence-electron chi connectivity index (χ2n) is 4.81. The molecule has 2 heterocycles. The van der Waals surface area contributed by atoms with Crippen molar-refractivity contribution < 1.29 is 12.8 Å². The SMILES string of the molecule is Cc1occc1S(=O)(=O)Cc1cc2ccccc2[nH]c1=O. The summed E-state index contributed by atoms with van der Waals surface area (Å²) in [6, 6.07) is 10.3. The van der Waals surface area contributed by atoms with Crippen molar-refractivity contribution in [2.45, 2.75) is 17.6 Å². The molecule has 108 valence electrons. The Morgan fingerprint density at radius 3 is 2.67 bits per heavy atom. The molecular formula is C15H13NO4S. The second kappa shape index (κ2) is 4.89. The zero-order valence-corrected chi connectivity index (χ0v) is 12.1. The van der Waals surface area contributed by atoms with Crippen molar-refractivity contribution in [3.63, 3.8) is 0 Å². The molecule has 0 bridgehead atoms. The molecule has 0 aliphatic rings. The van der Waals surface area contributed by atoms with Gasteiger partial charge in [0, 0.05) is 11.1 Å². The van der Waals surface area contributed by atoms with Crippen molar-refractivity contribution in [3.8, 4) is 0 Å². The number of hydrogen-bond donors (Lipinski definition) is 1. The maximum Gasteiger partial charge on any atom is 0.252 e. The lowest BCUT2D eigenvalue weighted by Crippen LogP contribution is -2.17. The van der Waals surface area contributed by atoms with Crippen LogP contribution in [0.4, 0.5) is 0 Å². The standard InChI is InChI=1S/C15H13NO4S/c1-10-14(6-7-20-10)21(18,19)9-12-8-11-4-2-3-5-13(11)16-15(12)17/h2-8H,9H2,1H3,(H,16,17). The summed E-state index contributed by atoms with van der Waals surface area (Å²) >= 11 is 0. The topological polar surface area (TPSA) is 80.1 Å². The summed E-state index contributed by atoms with van der Waals surface area (Å²) in [5.74, 6) is -0.0275. The maximum atomic E-state index is 12.4. The van der Waals surface area contributed by atoms with Crippen LogP contribution in [-0.4, -0.2) is 13.4 Å². The van der Waals surface area contributed by atoms with Crippen LogP contribution in [0.25, 0.3) is 10.9 Å². The molecule has 1 N–H and O–H groups in total. The third-order valence-corrected chi connectivity index (χ3v) is 5.11. The summed E-state index contributed by atoms with van der Waals surface area (Å²) in [4.78, 5) is 14.8. The first-order valence-corrected chi connectivity index (χ1v) is 8.00. The molecule has 21 heavy (non-hydrogen) atoms. The molecule has 0 unspecified atom stereocenters. The van der Waals surface area contributed by atoms with Gasteiger partial charge >= 0.3 is 0 Å². The predicted octanol–water partition coefficient (Wildman–Crippen LogP) is 2.40. The van der Waals surface area contributed by atoms with Gasteiger partial charge in [0.25, 0.3) is 5.56 Å². The number of aromatic nitrogens is 1. The molecule has 0 saturated carbocycles. The average molecular weight is 303 g/mol. The number of aromatic amines is 1. The number of benzene rings is 1. The lowest BCUT2D eigenvalue weighted by atomic mass is 10.2. The molecule has 0 spiro atoms. The Morgan fingerprint density at radius 1 is 1.19 bits per heavy atom. The minimum atomic E-state index is -3.61. The van der Waals surface area contributed by atoms with Crippen LogP contribution in [0.15, 0.2) is 56.8 Å². The van der Waals surface area contributed by atoms with Crippen LogP contribution < -0.4 is 5.56 Å². The van der Waals surface area contributed by atoms with E-state index in [4.69, 9.17) is 4.42 Å². The molecule has 0 saturated heterocycles. The average Bonchev–Trinajstić information content (AvgIpc) is 2.86. The molecule has 0 aliphatic carbocycles. The Bertz CT molecular complexity index is 967. The van der Waals surface area contributed by atoms with Crippen LogP contribution in [-0.2, 0) is 15.6 Å². The van der Waals surface area contributed by atoms with Gasteiger partial charge in [0.15, 0.2) is 9.84 Å². The minimum absolute atomic E-state index is 0.120. The third kappa shape index (κ3) is 2.50. The van der Waals surface area contributed by atoms with Crippen LogP contribution in [0.1, 0.15) is 11.3 Å². The molecule has 1 aromatic carbocycles. The fourth-order valence-electron chi connectivity index (χ4n) is 2.28. The smallest absolute Gasteiger partial charge is 0.252 e. The molecule has 3 rings (SSSR count). The molecule has 2 aromatic heterocycles. The number of para-hydroxylation sites is 1. The first-order valence-electron chi connectivity index (χ1n) is 6.35. The van der Waals surface area contributed by atoms with Crippen LogP contribution in [0.3, 0.4) is 0 Å². The third-order valence-electron chi connectivity index (χ3n) is 3.32. The van der Waals surface area contributed by atoms with E-state index < -0.39 is 15.4 Å². The lowest BCUT2D eigenvalue weighted by Gasteiger charge is -2.04. The normalized spacial score (nSPS) is 11.9. The van der Waals surface area contributed by atoms with E-state index in [9.17, 15) is 13.2 Å². The van der Waals surface area contributed by atoms with Crippen molar-refractivity contribution in [3.05, 3.63) is 64.3 Å². The highest BCUT2D eigenvalue weighted by Gasteiger charge is 2.21. The molecule has 5 nitrogen and oxygen atoms in total. The van der Waals surface area contributed by atoms with Crippen molar-refractivity contribution in [1.29, 1.82) is 0 Å². The van der Waals surface area contributed by atoms with Crippen LogP contribution in [0.5, 0.6) is 0 Å². The van der Waals surface area contributed by atoms with Crippen LogP contribution in [0, 0.1) is 6.92 Å². The minimum Gasteiger partial charge on any atom is -0.468 e. The van der Waals surface area contributed by atoms with Gasteiger partial charge in [-0.2, -0.15) is 0 Å². The number of aryl methyl sites for hydroxylation is 1. The highest BCUT2D eigenvalue weighted by atomic mass is 32.2. The summed E-state index contributed by atoms with van der Waals surface area (Å²) in [7, 11) is -3.61. The number of nitrogens with one attached hydrogen (secondary N) is 1. The molecule has 0 fully saturated rings. The van der Waals surface area contributed by atoms with Crippen molar-refractivity contribution in [1.82, 2.24) is 4.98 Å². The van der Waals surface area contributed by atoms with Gasteiger partial charge < -0.3 is 9.40 Å². The van der Waals surface area contributed by atoms with Gasteiger partial charge in [-0.3, -0.25) is 4.79 Å². The van der Waals surface area contributed by atoms with E-state index in [-0.39, 0.29) is 16.2 Å². The number of hydrogen-bond acceptors (Lipinski definition) is 4. The van der Waals surface area contributed by atoms with Crippen molar-refractivity contribution in [2.75, 3.05) is 0 Å². The summed E-state index contributed by atoms with van der Waals surface area (Å²) in [6.45, 7) is 1.58. The first kappa shape index (κ1) is 13.6. The number of H-pyrrole nitrogens is 1. The first-order chi connectivity index (χ1) is 9.97. The van der Waals surface area contributed by atoms with Gasteiger partial charge in [-0.05, 0) is 30.5 Å². The van der Waals surface area contributed by atoms with Crippen molar-refractivity contribution >= 4 is 20.7 Å². The Kier molecular flexibility index (Phi) is 3.17. The summed E-state index contributed by atoms with van der Waals surface area (Å²) in [6.07, 6.45) is 1.33. The highest BCUT2D eigenvalue weighted by molar-refractivity contribution is 7.90. The number of furan rings is 1. The van der Waals surface area contributed by atoms with Gasteiger partial charge in [0.05, 0.1) is 12.0 Å². The molecule has 0 radical (unpaired) electrons. The van der Waals surface area contributed by atoms with Gasteiger partial charge in [0.1, 0.15) is 10.7 Å². The zero-order chi connectivity index (χ0) is 15.0. The second-order valence-corrected chi connectivity index (χ2v) is 6.77. The van der Waals surface area contributed by atoms with E-state index in [0.29, 0.717) is 11.3 Å². The van der Waals surface area contributed by atoms with Gasteiger partial charge in [-0.25, -0.2) is 8.42 Å². The molecule has 0 amide bonds. The number of rotatable bonds is 3. The fraction of sp³-hybridized carbons (Fsp3) is 0.133. The maximum absolute atomic E-state index is 12.4. The molecule has 6 heteroatoms. The Balaban J connectivity index is 2.08. The zero-order valence-electron chi connectivity index (χ0n) is 11.3.